The number of carbonyl (C=O) groups excluding carboxylic acids is 1. The number of aromatic nitrogens is 1. The summed E-state index contributed by atoms with van der Waals surface area (Å²) in [5, 5.41) is 2.65. The number of hydrogen-bond acceptors (Lipinski definition) is 6. The standard InChI is InChI=1S/C14H21N3O5S2/c1-23(19,20)17(10-12-4-2-3-7-15-12)8-5-14(18)16-13-6-9-24(21,22)11-13/h2-4,7,13H,5-6,8-11H2,1H3,(H,16,18). The van der Waals surface area contributed by atoms with Gasteiger partial charge >= 0.3 is 0 Å². The van der Waals surface area contributed by atoms with Crippen LogP contribution >= 0.6 is 0 Å². The van der Waals surface area contributed by atoms with E-state index in [-0.39, 0.29) is 43.0 Å². The second-order valence-electron chi connectivity index (χ2n) is 5.84. The average molecular weight is 375 g/mol. The summed E-state index contributed by atoms with van der Waals surface area (Å²) >= 11 is 0. The molecule has 24 heavy (non-hydrogen) atoms. The van der Waals surface area contributed by atoms with Crippen molar-refractivity contribution in [2.75, 3.05) is 24.3 Å². The highest BCUT2D eigenvalue weighted by molar-refractivity contribution is 7.91. The first kappa shape index (κ1) is 18.8. The molecule has 1 aromatic heterocycles. The molecule has 2 heterocycles. The van der Waals surface area contributed by atoms with Crippen LogP contribution in [-0.4, -0.2) is 62.4 Å². The Labute approximate surface area is 142 Å². The molecule has 1 saturated heterocycles. The third-order valence-corrected chi connectivity index (χ3v) is 6.74. The number of nitrogens with zero attached hydrogens (tertiary/aromatic N) is 2. The number of hydrogen-bond donors (Lipinski definition) is 1. The van der Waals surface area contributed by atoms with Crippen LogP contribution in [0.25, 0.3) is 0 Å². The molecule has 1 unspecified atom stereocenters. The number of nitrogens with one attached hydrogen (secondary N) is 1. The van der Waals surface area contributed by atoms with E-state index in [4.69, 9.17) is 0 Å². The molecule has 0 saturated carbocycles. The highest BCUT2D eigenvalue weighted by Gasteiger charge is 2.29. The number of amides is 1. The topological polar surface area (TPSA) is 114 Å². The predicted molar refractivity (Wildman–Crippen MR) is 89.3 cm³/mol. The summed E-state index contributed by atoms with van der Waals surface area (Å²) in [5.41, 5.74) is 0.588. The normalized spacial score (nSPS) is 20.2. The van der Waals surface area contributed by atoms with Crippen LogP contribution in [0.15, 0.2) is 24.4 Å². The minimum absolute atomic E-state index is 0.0146. The van der Waals surface area contributed by atoms with E-state index in [2.05, 4.69) is 10.3 Å². The lowest BCUT2D eigenvalue weighted by Crippen LogP contribution is -2.39. The lowest BCUT2D eigenvalue weighted by molar-refractivity contribution is -0.121. The maximum absolute atomic E-state index is 12.0. The van der Waals surface area contributed by atoms with E-state index in [0.717, 1.165) is 6.26 Å². The van der Waals surface area contributed by atoms with E-state index < -0.39 is 19.9 Å². The van der Waals surface area contributed by atoms with Gasteiger partial charge in [0.15, 0.2) is 9.84 Å². The minimum Gasteiger partial charge on any atom is -0.352 e. The quantitative estimate of drug-likeness (QED) is 0.690. The summed E-state index contributed by atoms with van der Waals surface area (Å²) in [6.45, 7) is 0.103. The molecule has 10 heteroatoms. The van der Waals surface area contributed by atoms with E-state index in [1.807, 2.05) is 0 Å². The van der Waals surface area contributed by atoms with E-state index in [9.17, 15) is 21.6 Å². The van der Waals surface area contributed by atoms with Crippen molar-refractivity contribution in [1.82, 2.24) is 14.6 Å². The number of carbonyl (C=O) groups is 1. The van der Waals surface area contributed by atoms with Gasteiger partial charge in [-0.3, -0.25) is 9.78 Å². The highest BCUT2D eigenvalue weighted by Crippen LogP contribution is 2.12. The monoisotopic (exact) mass is 375 g/mol. The summed E-state index contributed by atoms with van der Waals surface area (Å²) in [6.07, 6.45) is 3.02. The third-order valence-electron chi connectivity index (χ3n) is 3.72. The van der Waals surface area contributed by atoms with Crippen molar-refractivity contribution < 1.29 is 21.6 Å². The van der Waals surface area contributed by atoms with Crippen LogP contribution in [0.1, 0.15) is 18.5 Å². The first-order valence-electron chi connectivity index (χ1n) is 7.50. The molecule has 0 spiro atoms. The molecule has 2 rings (SSSR count). The van der Waals surface area contributed by atoms with Crippen LogP contribution in [0.2, 0.25) is 0 Å². The second kappa shape index (κ2) is 7.58. The van der Waals surface area contributed by atoms with Gasteiger partial charge in [0.05, 0.1) is 30.0 Å². The largest absolute Gasteiger partial charge is 0.352 e. The van der Waals surface area contributed by atoms with E-state index in [1.54, 1.807) is 24.4 Å². The van der Waals surface area contributed by atoms with Crippen LogP contribution in [0, 0.1) is 0 Å². The van der Waals surface area contributed by atoms with Crippen molar-refractivity contribution in [2.45, 2.75) is 25.4 Å². The molecule has 1 N–H and O–H groups in total. The minimum atomic E-state index is -3.49. The molecule has 0 bridgehead atoms. The maximum Gasteiger partial charge on any atom is 0.221 e. The smallest absolute Gasteiger partial charge is 0.221 e. The molecule has 134 valence electrons. The Bertz CT molecular complexity index is 778. The van der Waals surface area contributed by atoms with Crippen LogP contribution in [-0.2, 0) is 31.2 Å². The van der Waals surface area contributed by atoms with Crippen molar-refractivity contribution in [3.8, 4) is 0 Å². The fourth-order valence-electron chi connectivity index (χ4n) is 2.47. The van der Waals surface area contributed by atoms with Crippen molar-refractivity contribution >= 4 is 25.8 Å². The van der Waals surface area contributed by atoms with E-state index >= 15 is 0 Å². The lowest BCUT2D eigenvalue weighted by Gasteiger charge is -2.20. The Balaban J connectivity index is 1.90. The molecule has 0 aromatic carbocycles. The molecule has 8 nitrogen and oxygen atoms in total. The van der Waals surface area contributed by atoms with Crippen LogP contribution in [0.4, 0.5) is 0 Å². The Morgan fingerprint density at radius 3 is 2.71 bits per heavy atom. The van der Waals surface area contributed by atoms with Crippen LogP contribution in [0.3, 0.4) is 0 Å². The van der Waals surface area contributed by atoms with Gasteiger partial charge in [-0.1, -0.05) is 6.07 Å². The summed E-state index contributed by atoms with van der Waals surface area (Å²) in [6, 6.07) is 4.82. The zero-order valence-electron chi connectivity index (χ0n) is 13.4. The molecular weight excluding hydrogens is 354 g/mol. The Morgan fingerprint density at radius 1 is 1.42 bits per heavy atom. The van der Waals surface area contributed by atoms with Gasteiger partial charge in [0.1, 0.15) is 0 Å². The molecular formula is C14H21N3O5S2. The van der Waals surface area contributed by atoms with Gasteiger partial charge in [-0.2, -0.15) is 4.31 Å². The van der Waals surface area contributed by atoms with Crippen LogP contribution in [0.5, 0.6) is 0 Å². The number of sulfonamides is 1. The third kappa shape index (κ3) is 5.84. The second-order valence-corrected chi connectivity index (χ2v) is 10.0. The summed E-state index contributed by atoms with van der Waals surface area (Å²) in [5.74, 6) is -0.331. The SMILES string of the molecule is CS(=O)(=O)N(CCC(=O)NC1CCS(=O)(=O)C1)Cc1ccccn1. The summed E-state index contributed by atoms with van der Waals surface area (Å²) < 4.78 is 47.7. The van der Waals surface area contributed by atoms with Gasteiger partial charge in [-0.05, 0) is 18.6 Å². The van der Waals surface area contributed by atoms with Gasteiger partial charge < -0.3 is 5.32 Å². The van der Waals surface area contributed by atoms with Gasteiger partial charge in [0.25, 0.3) is 0 Å². The Morgan fingerprint density at radius 2 is 2.17 bits per heavy atom. The molecule has 1 aromatic rings. The van der Waals surface area contributed by atoms with Gasteiger partial charge in [-0.15, -0.1) is 0 Å². The van der Waals surface area contributed by atoms with Gasteiger partial charge in [0, 0.05) is 25.2 Å². The fourth-order valence-corrected chi connectivity index (χ4v) is 4.93. The average Bonchev–Trinajstić information content (AvgIpc) is 2.82. The fraction of sp³-hybridized carbons (Fsp3) is 0.571. The lowest BCUT2D eigenvalue weighted by atomic mass is 10.2. The molecule has 0 radical (unpaired) electrons. The first-order chi connectivity index (χ1) is 11.2. The maximum atomic E-state index is 12.0. The van der Waals surface area contributed by atoms with Gasteiger partial charge in [-0.25, -0.2) is 16.8 Å². The van der Waals surface area contributed by atoms with Crippen molar-refractivity contribution in [1.29, 1.82) is 0 Å². The van der Waals surface area contributed by atoms with E-state index in [0.29, 0.717) is 12.1 Å². The number of rotatable bonds is 7. The van der Waals surface area contributed by atoms with Crippen molar-refractivity contribution in [3.63, 3.8) is 0 Å². The number of sulfone groups is 1. The summed E-state index contributed by atoms with van der Waals surface area (Å²) in [4.78, 5) is 16.0. The predicted octanol–water partition coefficient (Wildman–Crippen LogP) is -0.463. The zero-order valence-corrected chi connectivity index (χ0v) is 15.0. The number of pyridine rings is 1. The van der Waals surface area contributed by atoms with E-state index in [1.165, 1.54) is 4.31 Å². The molecule has 0 aliphatic carbocycles. The zero-order chi connectivity index (χ0) is 17.8. The Hall–Kier alpha value is -1.52. The van der Waals surface area contributed by atoms with Crippen LogP contribution < -0.4 is 5.32 Å². The molecule has 1 aliphatic rings. The first-order valence-corrected chi connectivity index (χ1v) is 11.2. The highest BCUT2D eigenvalue weighted by atomic mass is 32.2. The molecule has 1 aliphatic heterocycles. The van der Waals surface area contributed by atoms with Crippen molar-refractivity contribution in [2.24, 2.45) is 0 Å². The van der Waals surface area contributed by atoms with Crippen molar-refractivity contribution in [3.05, 3.63) is 30.1 Å². The Kier molecular flexibility index (Phi) is 5.94. The summed E-state index contributed by atoms with van der Waals surface area (Å²) in [7, 11) is -6.55. The molecule has 1 atom stereocenters. The molecule has 1 fully saturated rings. The van der Waals surface area contributed by atoms with Gasteiger partial charge in [0.2, 0.25) is 15.9 Å². The molecule has 1 amide bonds.